The Morgan fingerprint density at radius 3 is 0.816 bits per heavy atom. The maximum Gasteiger partial charge on any atom is 0.472 e. The summed E-state index contributed by atoms with van der Waals surface area (Å²) in [6.07, 6.45) is 38.9. The monoisotopic (exact) mass is 1280 g/mol. The van der Waals surface area contributed by atoms with Gasteiger partial charge in [0.2, 0.25) is 0 Å². The minimum absolute atomic E-state index is 0.104. The van der Waals surface area contributed by atoms with Gasteiger partial charge in [-0.1, -0.05) is 280 Å². The summed E-state index contributed by atoms with van der Waals surface area (Å²) in [6, 6.07) is 0. The second-order valence-corrected chi connectivity index (χ2v) is 28.9. The molecule has 0 aromatic heterocycles. The van der Waals surface area contributed by atoms with Crippen LogP contribution in [-0.2, 0) is 65.4 Å². The van der Waals surface area contributed by atoms with Crippen LogP contribution in [0.4, 0.5) is 0 Å². The first-order chi connectivity index (χ1) is 41.7. The summed E-state index contributed by atoms with van der Waals surface area (Å²) in [4.78, 5) is 72.4. The Morgan fingerprint density at radius 2 is 0.552 bits per heavy atom. The highest BCUT2D eigenvalue weighted by atomic mass is 31.2. The molecule has 516 valence electrons. The van der Waals surface area contributed by atoms with Gasteiger partial charge in [-0.2, -0.15) is 0 Å². The number of carbonyl (C=O) groups is 4. The average Bonchev–Trinajstić information content (AvgIpc) is 3.69. The molecular formula is C68H132O17P2. The van der Waals surface area contributed by atoms with Gasteiger partial charge in [-0.15, -0.1) is 0 Å². The van der Waals surface area contributed by atoms with Gasteiger partial charge >= 0.3 is 39.5 Å². The zero-order valence-electron chi connectivity index (χ0n) is 56.6. The van der Waals surface area contributed by atoms with Gasteiger partial charge in [0.25, 0.3) is 0 Å². The zero-order chi connectivity index (χ0) is 64.7. The van der Waals surface area contributed by atoms with Crippen molar-refractivity contribution in [3.05, 3.63) is 0 Å². The van der Waals surface area contributed by atoms with Crippen LogP contribution in [0.2, 0.25) is 0 Å². The lowest BCUT2D eigenvalue weighted by Gasteiger charge is -2.21. The van der Waals surface area contributed by atoms with Crippen molar-refractivity contribution in [2.75, 3.05) is 39.6 Å². The van der Waals surface area contributed by atoms with Gasteiger partial charge in [0.15, 0.2) is 12.2 Å². The summed E-state index contributed by atoms with van der Waals surface area (Å²) < 4.78 is 68.2. The molecule has 7 atom stereocenters. The van der Waals surface area contributed by atoms with Crippen molar-refractivity contribution in [1.82, 2.24) is 0 Å². The van der Waals surface area contributed by atoms with E-state index in [-0.39, 0.29) is 25.7 Å². The topological polar surface area (TPSA) is 237 Å². The van der Waals surface area contributed by atoms with Crippen LogP contribution < -0.4 is 0 Å². The summed E-state index contributed by atoms with van der Waals surface area (Å²) in [5.41, 5.74) is 0. The first-order valence-corrected chi connectivity index (χ1v) is 38.3. The Balaban J connectivity index is 5.27. The van der Waals surface area contributed by atoms with Crippen LogP contribution in [0.15, 0.2) is 0 Å². The van der Waals surface area contributed by atoms with Gasteiger partial charge in [-0.25, -0.2) is 9.13 Å². The van der Waals surface area contributed by atoms with Crippen LogP contribution in [0.3, 0.4) is 0 Å². The second-order valence-electron chi connectivity index (χ2n) is 26.0. The van der Waals surface area contributed by atoms with Gasteiger partial charge in [0, 0.05) is 25.7 Å². The highest BCUT2D eigenvalue weighted by Crippen LogP contribution is 2.45. The number of unbranched alkanes of at least 4 members (excludes halogenated alkanes) is 29. The first kappa shape index (κ1) is 85.1. The van der Waals surface area contributed by atoms with Gasteiger partial charge in [-0.3, -0.25) is 37.3 Å². The quantitative estimate of drug-likeness (QED) is 0.0222. The second kappa shape index (κ2) is 57.9. The molecule has 0 rings (SSSR count). The molecule has 0 aliphatic rings. The van der Waals surface area contributed by atoms with E-state index in [2.05, 4.69) is 55.4 Å². The fourth-order valence-electron chi connectivity index (χ4n) is 10.1. The summed E-state index contributed by atoms with van der Waals surface area (Å²) in [6.45, 7) is 14.1. The first-order valence-electron chi connectivity index (χ1n) is 35.3. The Hall–Kier alpha value is -1.94. The number of aliphatic hydroxyl groups excluding tert-OH is 1. The predicted octanol–water partition coefficient (Wildman–Crippen LogP) is 18.9. The van der Waals surface area contributed by atoms with E-state index in [1.807, 2.05) is 0 Å². The molecule has 0 bridgehead atoms. The summed E-state index contributed by atoms with van der Waals surface area (Å²) in [5, 5.41) is 10.6. The third kappa shape index (κ3) is 60.1. The zero-order valence-corrected chi connectivity index (χ0v) is 58.4. The molecule has 0 amide bonds. The highest BCUT2D eigenvalue weighted by Gasteiger charge is 2.30. The molecule has 0 spiro atoms. The van der Waals surface area contributed by atoms with E-state index in [0.29, 0.717) is 25.7 Å². The number of esters is 4. The number of hydrogen-bond donors (Lipinski definition) is 3. The molecule has 0 aliphatic heterocycles. The van der Waals surface area contributed by atoms with Crippen molar-refractivity contribution in [3.8, 4) is 0 Å². The molecule has 0 aromatic rings. The third-order valence-corrected chi connectivity index (χ3v) is 18.2. The van der Waals surface area contributed by atoms with Crippen molar-refractivity contribution < 1.29 is 80.2 Å². The number of hydrogen-bond acceptors (Lipinski definition) is 15. The van der Waals surface area contributed by atoms with E-state index in [1.54, 1.807) is 0 Å². The molecule has 19 heteroatoms. The molecule has 0 radical (unpaired) electrons. The molecule has 0 fully saturated rings. The normalized spacial score (nSPS) is 15.0. The minimum atomic E-state index is -4.95. The molecule has 0 heterocycles. The van der Waals surface area contributed by atoms with Crippen molar-refractivity contribution >= 4 is 39.5 Å². The Kier molecular flexibility index (Phi) is 56.6. The van der Waals surface area contributed by atoms with Gasteiger partial charge < -0.3 is 33.8 Å². The molecule has 4 unspecified atom stereocenters. The molecular weight excluding hydrogens is 1150 g/mol. The lowest BCUT2D eigenvalue weighted by atomic mass is 9.99. The standard InChI is InChI=1S/C68H132O17P2/c1-9-60(7)46-38-30-22-15-11-12-16-24-34-42-50-67(72)85-64(55-79-66(71)49-41-33-27-26-31-39-47-61(8)10-2)57-83-87(76,77)81-53-62(69)52-80-86(74,75)82-56-63(54-78-65(70)48-40-32-23-19-18-21-29-37-45-59(5)6)84-68(73)51-43-35-25-17-13-14-20-28-36-44-58(3)4/h58-64,69H,9-57H2,1-8H3,(H,74,75)(H,76,77)/t60?,61?,62-,63-,64-/m1/s1. The molecule has 0 aliphatic carbocycles. The van der Waals surface area contributed by atoms with E-state index in [0.717, 1.165) is 120 Å². The highest BCUT2D eigenvalue weighted by molar-refractivity contribution is 7.47. The van der Waals surface area contributed by atoms with Crippen molar-refractivity contribution in [2.45, 2.75) is 350 Å². The largest absolute Gasteiger partial charge is 0.472 e. The Bertz CT molecular complexity index is 1730. The number of carbonyl (C=O) groups excluding carboxylic acids is 4. The fourth-order valence-corrected chi connectivity index (χ4v) is 11.7. The SMILES string of the molecule is CCC(C)CCCCCCCCCCCCC(=O)O[C@H](COC(=O)CCCCCCCCC(C)CC)COP(=O)(O)OC[C@H](O)COP(=O)(O)OC[C@@H](COC(=O)CCCCCCCCCCC(C)C)OC(=O)CCCCCCCCCCCC(C)C. The molecule has 0 saturated carbocycles. The number of phosphoric ester groups is 2. The Labute approximate surface area is 530 Å². The molecule has 17 nitrogen and oxygen atoms in total. The predicted molar refractivity (Wildman–Crippen MR) is 349 cm³/mol. The summed E-state index contributed by atoms with van der Waals surface area (Å²) in [7, 11) is -9.90. The lowest BCUT2D eigenvalue weighted by molar-refractivity contribution is -0.161. The fraction of sp³-hybridized carbons (Fsp3) is 0.941. The van der Waals surface area contributed by atoms with Crippen LogP contribution in [0.25, 0.3) is 0 Å². The van der Waals surface area contributed by atoms with Gasteiger partial charge in [0.05, 0.1) is 26.4 Å². The van der Waals surface area contributed by atoms with Crippen molar-refractivity contribution in [3.63, 3.8) is 0 Å². The lowest BCUT2D eigenvalue weighted by Crippen LogP contribution is -2.30. The number of phosphoric acid groups is 2. The van der Waals surface area contributed by atoms with Crippen LogP contribution in [0, 0.1) is 23.7 Å². The van der Waals surface area contributed by atoms with Crippen LogP contribution >= 0.6 is 15.6 Å². The van der Waals surface area contributed by atoms with Gasteiger partial charge in [-0.05, 0) is 49.4 Å². The maximum atomic E-state index is 13.0. The third-order valence-electron chi connectivity index (χ3n) is 16.3. The minimum Gasteiger partial charge on any atom is -0.462 e. The number of aliphatic hydroxyl groups is 1. The molecule has 0 aromatic carbocycles. The van der Waals surface area contributed by atoms with Crippen LogP contribution in [0.5, 0.6) is 0 Å². The Morgan fingerprint density at radius 1 is 0.322 bits per heavy atom. The molecule has 3 N–H and O–H groups in total. The summed E-state index contributed by atoms with van der Waals surface area (Å²) in [5.74, 6) is 0.863. The van der Waals surface area contributed by atoms with E-state index in [1.165, 1.54) is 128 Å². The van der Waals surface area contributed by atoms with E-state index in [4.69, 9.17) is 37.0 Å². The molecule has 87 heavy (non-hydrogen) atoms. The summed E-state index contributed by atoms with van der Waals surface area (Å²) >= 11 is 0. The van der Waals surface area contributed by atoms with E-state index in [9.17, 15) is 43.2 Å². The smallest absolute Gasteiger partial charge is 0.462 e. The number of rotatable bonds is 65. The van der Waals surface area contributed by atoms with Gasteiger partial charge in [0.1, 0.15) is 19.3 Å². The number of ether oxygens (including phenoxy) is 4. The van der Waals surface area contributed by atoms with Crippen LogP contribution in [0.1, 0.15) is 331 Å². The van der Waals surface area contributed by atoms with E-state index >= 15 is 0 Å². The van der Waals surface area contributed by atoms with Crippen LogP contribution in [-0.4, -0.2) is 96.7 Å². The maximum absolute atomic E-state index is 13.0. The van der Waals surface area contributed by atoms with Crippen molar-refractivity contribution in [1.29, 1.82) is 0 Å². The molecule has 0 saturated heterocycles. The van der Waals surface area contributed by atoms with E-state index < -0.39 is 97.5 Å². The average molecular weight is 1280 g/mol. The van der Waals surface area contributed by atoms with Crippen molar-refractivity contribution in [2.24, 2.45) is 23.7 Å².